The van der Waals surface area contributed by atoms with Gasteiger partial charge in [-0.15, -0.1) is 34.5 Å². The predicted molar refractivity (Wildman–Crippen MR) is 159 cm³/mol. The number of benzene rings is 2. The minimum atomic E-state index is -2.70. The summed E-state index contributed by atoms with van der Waals surface area (Å²) < 4.78 is 72.9. The molecule has 47 heavy (non-hydrogen) atoms. The van der Waals surface area contributed by atoms with Crippen LogP contribution in [-0.4, -0.2) is 43.4 Å². The number of halogens is 8. The summed E-state index contributed by atoms with van der Waals surface area (Å²) in [7, 11) is 0. The number of alkyl halides is 2. The van der Waals surface area contributed by atoms with Gasteiger partial charge in [0.1, 0.15) is 11.4 Å². The maximum absolute atomic E-state index is 15.1. The van der Waals surface area contributed by atoms with Crippen LogP contribution in [0.5, 0.6) is 5.75 Å². The number of fused-ring (bicyclic) bond motifs is 4. The first-order valence-electron chi connectivity index (χ1n) is 14.0. The van der Waals surface area contributed by atoms with E-state index >= 15 is 8.78 Å². The molecule has 16 heteroatoms. The average molecular weight is 732 g/mol. The predicted octanol–water partition coefficient (Wildman–Crippen LogP) is 6.57. The number of rotatable bonds is 4. The van der Waals surface area contributed by atoms with Gasteiger partial charge in [-0.25, -0.2) is 26.9 Å². The van der Waals surface area contributed by atoms with E-state index in [1.54, 1.807) is 23.6 Å². The number of nitrogens with zero attached hydrogens (tertiary/aromatic N) is 2. The molecule has 2 aliphatic heterocycles. The van der Waals surface area contributed by atoms with Crippen molar-refractivity contribution in [1.29, 1.82) is 0 Å². The largest absolute Gasteiger partial charge is 0.508 e. The number of allylic oxidation sites excluding steroid dienone is 2. The Balaban J connectivity index is 1.42. The van der Waals surface area contributed by atoms with Gasteiger partial charge in [-0.05, 0) is 47.9 Å². The van der Waals surface area contributed by atoms with Gasteiger partial charge in [0, 0.05) is 15.8 Å². The van der Waals surface area contributed by atoms with Gasteiger partial charge in [-0.2, -0.15) is 0 Å². The van der Waals surface area contributed by atoms with Crippen molar-refractivity contribution >= 4 is 75.5 Å². The zero-order valence-electron chi connectivity index (χ0n) is 23.4. The summed E-state index contributed by atoms with van der Waals surface area (Å²) in [6.07, 6.45) is 0.943. The second kappa shape index (κ2) is 10.7. The Morgan fingerprint density at radius 2 is 1.55 bits per heavy atom. The van der Waals surface area contributed by atoms with Gasteiger partial charge in [-0.3, -0.25) is 24.1 Å². The number of thiophene rings is 1. The monoisotopic (exact) mass is 730 g/mol. The number of amides is 4. The number of anilines is 1. The molecule has 1 N–H and O–H groups in total. The van der Waals surface area contributed by atoms with Crippen molar-refractivity contribution in [2.24, 2.45) is 17.8 Å². The molecule has 244 valence electrons. The normalized spacial score (nSPS) is 30.1. The second-order valence-electron chi connectivity index (χ2n) is 11.7. The van der Waals surface area contributed by atoms with Crippen LogP contribution in [-0.2, 0) is 25.7 Å². The van der Waals surface area contributed by atoms with Gasteiger partial charge in [0.2, 0.25) is 17.6 Å². The Bertz CT molecular complexity index is 1950. The van der Waals surface area contributed by atoms with E-state index in [1.165, 1.54) is 23.5 Å². The molecule has 0 radical (unpaired) electrons. The fourth-order valence-electron chi connectivity index (χ4n) is 7.44. The Kier molecular flexibility index (Phi) is 7.33. The third-order valence-corrected chi connectivity index (χ3v) is 12.1. The smallest absolute Gasteiger partial charge is 0.258 e. The third-order valence-electron chi connectivity index (χ3n) is 9.50. The molecule has 1 aromatic heterocycles. The van der Waals surface area contributed by atoms with E-state index in [4.69, 9.17) is 34.8 Å². The molecular weight excluding hydrogens is 714 g/mol. The van der Waals surface area contributed by atoms with Crippen LogP contribution in [0.1, 0.15) is 29.2 Å². The van der Waals surface area contributed by atoms with Gasteiger partial charge in [0.15, 0.2) is 33.0 Å². The van der Waals surface area contributed by atoms with Crippen molar-refractivity contribution in [1.82, 2.24) is 4.90 Å². The highest BCUT2D eigenvalue weighted by molar-refractivity contribution is 7.09. The molecule has 4 amide bonds. The van der Waals surface area contributed by atoms with Gasteiger partial charge in [-0.1, -0.05) is 35.4 Å². The third kappa shape index (κ3) is 4.15. The van der Waals surface area contributed by atoms with Crippen LogP contribution in [0.15, 0.2) is 47.4 Å². The molecule has 2 aliphatic carbocycles. The molecule has 2 aromatic carbocycles. The minimum Gasteiger partial charge on any atom is -0.508 e. The average Bonchev–Trinajstić information content (AvgIpc) is 3.67. The molecule has 1 saturated carbocycles. The van der Waals surface area contributed by atoms with Crippen LogP contribution < -0.4 is 4.90 Å². The lowest BCUT2D eigenvalue weighted by atomic mass is 9.56. The van der Waals surface area contributed by atoms with Crippen molar-refractivity contribution in [2.45, 2.75) is 35.1 Å². The van der Waals surface area contributed by atoms with Gasteiger partial charge >= 0.3 is 0 Å². The molecular formula is C31H18Cl3F5N2O5S. The Morgan fingerprint density at radius 3 is 2.17 bits per heavy atom. The standard InChI is InChI=1S/C31H18Cl3F5N2O5S/c32-17-8-11(42)3-4-14(17)19-13-5-6-15-18(27(44)40(26(15)43)10-12-2-1-7-47-12)16(13)9-30(33)28(45)41(29(46)31(19,30)34)25-23(38)21(36)20(35)22(37)24(25)39/h1-5,7-8,15-16,18-19,42H,6,9-10H2. The van der Waals surface area contributed by atoms with Crippen molar-refractivity contribution in [3.63, 3.8) is 0 Å². The molecule has 6 atom stereocenters. The summed E-state index contributed by atoms with van der Waals surface area (Å²) in [5, 5.41) is 11.6. The molecule has 3 heterocycles. The second-order valence-corrected chi connectivity index (χ2v) is 14.4. The van der Waals surface area contributed by atoms with Crippen LogP contribution in [0, 0.1) is 46.8 Å². The number of imide groups is 2. The number of likely N-dealkylation sites (tertiary alicyclic amines) is 1. The molecule has 0 bridgehead atoms. The summed E-state index contributed by atoms with van der Waals surface area (Å²) >= 11 is 22.0. The zero-order chi connectivity index (χ0) is 33.9. The first-order valence-corrected chi connectivity index (χ1v) is 16.0. The van der Waals surface area contributed by atoms with Crippen LogP contribution in [0.2, 0.25) is 5.02 Å². The summed E-state index contributed by atoms with van der Waals surface area (Å²) in [5.41, 5.74) is -1.61. The molecule has 7 rings (SSSR count). The molecule has 3 aromatic rings. The fraction of sp³-hybridized carbons (Fsp3) is 0.290. The number of hydrogen-bond donors (Lipinski definition) is 1. The highest BCUT2D eigenvalue weighted by Gasteiger charge is 2.77. The van der Waals surface area contributed by atoms with Crippen LogP contribution in [0.4, 0.5) is 27.6 Å². The quantitative estimate of drug-likeness (QED) is 0.0819. The van der Waals surface area contributed by atoms with E-state index in [-0.39, 0.29) is 39.8 Å². The lowest BCUT2D eigenvalue weighted by Crippen LogP contribution is -2.60. The van der Waals surface area contributed by atoms with E-state index in [0.29, 0.717) is 0 Å². The highest BCUT2D eigenvalue weighted by atomic mass is 35.5. The lowest BCUT2D eigenvalue weighted by molar-refractivity contribution is -0.141. The maximum Gasteiger partial charge on any atom is 0.258 e. The van der Waals surface area contributed by atoms with Gasteiger partial charge < -0.3 is 5.11 Å². The Hall–Kier alpha value is -3.52. The molecule has 4 aliphatic rings. The summed E-state index contributed by atoms with van der Waals surface area (Å²) in [5.74, 6) is -21.5. The number of aromatic hydroxyl groups is 1. The number of hydrogen-bond acceptors (Lipinski definition) is 6. The van der Waals surface area contributed by atoms with Crippen LogP contribution in [0.25, 0.3) is 0 Å². The summed E-state index contributed by atoms with van der Waals surface area (Å²) in [6.45, 7) is -0.0193. The topological polar surface area (TPSA) is 95.0 Å². The van der Waals surface area contributed by atoms with Crippen molar-refractivity contribution in [3.05, 3.63) is 91.9 Å². The number of carbonyl (C=O) groups excluding carboxylic acids is 4. The highest BCUT2D eigenvalue weighted by Crippen LogP contribution is 2.66. The van der Waals surface area contributed by atoms with Gasteiger partial charge in [0.25, 0.3) is 11.8 Å². The van der Waals surface area contributed by atoms with Crippen molar-refractivity contribution < 1.29 is 46.2 Å². The van der Waals surface area contributed by atoms with Gasteiger partial charge in [0.05, 0.1) is 18.4 Å². The Labute approximate surface area is 281 Å². The fourth-order valence-corrected chi connectivity index (χ4v) is 9.35. The molecule has 2 saturated heterocycles. The van der Waals surface area contributed by atoms with Crippen LogP contribution in [0.3, 0.4) is 0 Å². The Morgan fingerprint density at radius 1 is 0.894 bits per heavy atom. The summed E-state index contributed by atoms with van der Waals surface area (Å²) in [6, 6.07) is 7.04. The van der Waals surface area contributed by atoms with Crippen molar-refractivity contribution in [3.8, 4) is 5.75 Å². The summed E-state index contributed by atoms with van der Waals surface area (Å²) in [4.78, 5) is 52.1. The molecule has 7 nitrogen and oxygen atoms in total. The van der Waals surface area contributed by atoms with Crippen LogP contribution >= 0.6 is 46.1 Å². The first kappa shape index (κ1) is 32.0. The molecule has 3 fully saturated rings. The number of phenolic OH excluding ortho intramolecular Hbond substituents is 1. The van der Waals surface area contributed by atoms with E-state index in [0.717, 1.165) is 15.8 Å². The molecule has 6 unspecified atom stereocenters. The minimum absolute atomic E-state index is 0.0000366. The van der Waals surface area contributed by atoms with E-state index in [9.17, 15) is 37.5 Å². The van der Waals surface area contributed by atoms with E-state index in [2.05, 4.69) is 0 Å². The first-order chi connectivity index (χ1) is 22.1. The maximum atomic E-state index is 15.1. The molecule has 0 spiro atoms. The lowest BCUT2D eigenvalue weighted by Gasteiger charge is -2.50. The van der Waals surface area contributed by atoms with Crippen molar-refractivity contribution in [2.75, 3.05) is 4.90 Å². The zero-order valence-corrected chi connectivity index (χ0v) is 26.5. The number of phenols is 1. The number of carbonyl (C=O) groups is 4. The SMILES string of the molecule is O=C1C2CC=C3C(CC4(Cl)C(=O)N(c5c(F)c(F)c(F)c(F)c5F)C(=O)C4(Cl)C3c3ccc(O)cc3Cl)C2C(=O)N1Cc1cccs1. The van der Waals surface area contributed by atoms with E-state index in [1.807, 2.05) is 0 Å². The van der Waals surface area contributed by atoms with E-state index < -0.39 is 98.2 Å².